The van der Waals surface area contributed by atoms with Crippen LogP contribution in [0.5, 0.6) is 0 Å². The van der Waals surface area contributed by atoms with Crippen molar-refractivity contribution in [2.45, 2.75) is 36.1 Å². The molecule has 1 aromatic carbocycles. The molecule has 2 fully saturated rings. The number of nitrogens with one attached hydrogen (secondary N) is 1. The Hall–Kier alpha value is -0.510. The van der Waals surface area contributed by atoms with E-state index in [1.165, 1.54) is 56.1 Å². The minimum Gasteiger partial charge on any atom is -0.314 e. The lowest BCUT2D eigenvalue weighted by atomic mass is 9.85. The zero-order valence-electron chi connectivity index (χ0n) is 12.1. The number of nitrogens with zero attached hydrogens (tertiary/aromatic N) is 1. The Bertz CT molecular complexity index is 476. The van der Waals surface area contributed by atoms with Gasteiger partial charge in [0.25, 0.3) is 0 Å². The number of hydrogen-bond donors (Lipinski definition) is 1. The summed E-state index contributed by atoms with van der Waals surface area (Å²) in [5.41, 5.74) is 1.60. The first-order chi connectivity index (χ1) is 9.90. The smallest absolute Gasteiger partial charge is 0.0120 e. The second-order valence-corrected chi connectivity index (χ2v) is 7.62. The fourth-order valence-electron chi connectivity index (χ4n) is 4.18. The van der Waals surface area contributed by atoms with Gasteiger partial charge in [-0.15, -0.1) is 11.8 Å². The summed E-state index contributed by atoms with van der Waals surface area (Å²) in [6.45, 7) is 5.12. The molecule has 3 aliphatic heterocycles. The van der Waals surface area contributed by atoms with E-state index in [4.69, 9.17) is 0 Å². The van der Waals surface area contributed by atoms with Crippen molar-refractivity contribution >= 4 is 11.8 Å². The van der Waals surface area contributed by atoms with Crippen LogP contribution in [0, 0.1) is 5.92 Å². The molecule has 3 heterocycles. The van der Waals surface area contributed by atoms with Crippen molar-refractivity contribution < 1.29 is 0 Å². The number of benzene rings is 1. The minimum atomic E-state index is 0.754. The van der Waals surface area contributed by atoms with Crippen molar-refractivity contribution in [1.82, 2.24) is 10.2 Å². The Morgan fingerprint density at radius 2 is 2.20 bits per heavy atom. The number of rotatable bonds is 2. The Morgan fingerprint density at radius 1 is 1.25 bits per heavy atom. The third-order valence-corrected chi connectivity index (χ3v) is 6.51. The highest BCUT2D eigenvalue weighted by Gasteiger charge is 2.33. The maximum absolute atomic E-state index is 3.72. The largest absolute Gasteiger partial charge is 0.314 e. The van der Waals surface area contributed by atoms with Crippen molar-refractivity contribution in [3.05, 3.63) is 29.8 Å². The molecule has 20 heavy (non-hydrogen) atoms. The van der Waals surface area contributed by atoms with Gasteiger partial charge >= 0.3 is 0 Å². The normalized spacial score (nSPS) is 33.7. The van der Waals surface area contributed by atoms with Crippen LogP contribution in [0.15, 0.2) is 29.2 Å². The first-order valence-electron chi connectivity index (χ1n) is 8.07. The van der Waals surface area contributed by atoms with Crippen LogP contribution in [0.25, 0.3) is 0 Å². The van der Waals surface area contributed by atoms with Gasteiger partial charge in [-0.1, -0.05) is 18.2 Å². The van der Waals surface area contributed by atoms with Crippen LogP contribution >= 0.6 is 11.8 Å². The molecule has 1 aromatic rings. The number of hydrogen-bond acceptors (Lipinski definition) is 3. The Labute approximate surface area is 126 Å². The number of fused-ring (bicyclic) bond motifs is 2. The maximum Gasteiger partial charge on any atom is 0.0120 e. The van der Waals surface area contributed by atoms with E-state index >= 15 is 0 Å². The van der Waals surface area contributed by atoms with Crippen LogP contribution in [0.3, 0.4) is 0 Å². The van der Waals surface area contributed by atoms with Gasteiger partial charge in [0.1, 0.15) is 0 Å². The molecular weight excluding hydrogens is 264 g/mol. The van der Waals surface area contributed by atoms with Gasteiger partial charge < -0.3 is 10.2 Å². The minimum absolute atomic E-state index is 0.754. The number of likely N-dealkylation sites (tertiary alicyclic amines) is 1. The zero-order valence-corrected chi connectivity index (χ0v) is 12.9. The summed E-state index contributed by atoms with van der Waals surface area (Å²) in [5.74, 6) is 2.94. The van der Waals surface area contributed by atoms with E-state index in [9.17, 15) is 0 Å². The van der Waals surface area contributed by atoms with Gasteiger partial charge in [-0.2, -0.15) is 0 Å². The average Bonchev–Trinajstić information content (AvgIpc) is 2.91. The second kappa shape index (κ2) is 5.70. The van der Waals surface area contributed by atoms with Crippen molar-refractivity contribution in [2.24, 2.45) is 5.92 Å². The summed E-state index contributed by atoms with van der Waals surface area (Å²) >= 11 is 2.05. The van der Waals surface area contributed by atoms with Gasteiger partial charge in [0, 0.05) is 35.7 Å². The first kappa shape index (κ1) is 13.2. The number of piperidine rings is 2. The molecule has 1 N–H and O–H groups in total. The van der Waals surface area contributed by atoms with Gasteiger partial charge in [-0.05, 0) is 49.9 Å². The van der Waals surface area contributed by atoms with E-state index in [0.29, 0.717) is 0 Å². The van der Waals surface area contributed by atoms with Crippen molar-refractivity contribution in [1.29, 1.82) is 0 Å². The molecule has 3 atom stereocenters. The Balaban J connectivity index is 1.41. The van der Waals surface area contributed by atoms with E-state index in [1.807, 2.05) is 11.8 Å². The van der Waals surface area contributed by atoms with Crippen LogP contribution in [0.2, 0.25) is 0 Å². The Morgan fingerprint density at radius 3 is 3.20 bits per heavy atom. The van der Waals surface area contributed by atoms with Crippen LogP contribution in [0.1, 0.15) is 30.7 Å². The zero-order chi connectivity index (χ0) is 13.4. The molecule has 0 radical (unpaired) electrons. The molecule has 4 rings (SSSR count). The van der Waals surface area contributed by atoms with Crippen LogP contribution in [-0.2, 0) is 0 Å². The van der Waals surface area contributed by atoms with E-state index in [1.54, 1.807) is 5.56 Å². The lowest BCUT2D eigenvalue weighted by molar-refractivity contribution is 0.110. The molecule has 0 aromatic heterocycles. The van der Waals surface area contributed by atoms with Crippen LogP contribution in [0.4, 0.5) is 0 Å². The highest BCUT2D eigenvalue weighted by Crippen LogP contribution is 2.40. The number of thioether (sulfide) groups is 1. The van der Waals surface area contributed by atoms with Gasteiger partial charge in [0.05, 0.1) is 0 Å². The molecule has 108 valence electrons. The molecule has 0 amide bonds. The van der Waals surface area contributed by atoms with Gasteiger partial charge in [0.2, 0.25) is 0 Å². The third-order valence-electron chi connectivity index (χ3n) is 5.25. The first-order valence-corrected chi connectivity index (χ1v) is 9.06. The SMILES string of the molecule is c1ccc2c(c1)SCC2CN1CCC2NCCCC2C1. The molecule has 2 nitrogen and oxygen atoms in total. The summed E-state index contributed by atoms with van der Waals surface area (Å²) in [6.07, 6.45) is 4.16. The lowest BCUT2D eigenvalue weighted by Crippen LogP contribution is -2.52. The van der Waals surface area contributed by atoms with E-state index in [0.717, 1.165) is 17.9 Å². The standard InChI is InChI=1S/C17H24N2S/c1-2-6-17-15(5-1)14(12-20-17)11-19-9-7-16-13(10-19)4-3-8-18-16/h1-2,5-6,13-14,16,18H,3-4,7-12H2. The van der Waals surface area contributed by atoms with Gasteiger partial charge in [0.15, 0.2) is 0 Å². The molecule has 0 bridgehead atoms. The third kappa shape index (κ3) is 2.51. The van der Waals surface area contributed by atoms with Crippen LogP contribution < -0.4 is 5.32 Å². The highest BCUT2D eigenvalue weighted by molar-refractivity contribution is 7.99. The summed E-state index contributed by atoms with van der Waals surface area (Å²) in [7, 11) is 0. The fourth-order valence-corrected chi connectivity index (χ4v) is 5.42. The summed E-state index contributed by atoms with van der Waals surface area (Å²) < 4.78 is 0. The van der Waals surface area contributed by atoms with Crippen molar-refractivity contribution in [3.8, 4) is 0 Å². The van der Waals surface area contributed by atoms with E-state index < -0.39 is 0 Å². The molecular formula is C17H24N2S. The topological polar surface area (TPSA) is 15.3 Å². The molecule has 3 heteroatoms. The molecule has 0 aliphatic carbocycles. The fraction of sp³-hybridized carbons (Fsp3) is 0.647. The van der Waals surface area contributed by atoms with Crippen LogP contribution in [-0.4, -0.2) is 42.9 Å². The summed E-state index contributed by atoms with van der Waals surface area (Å²) in [6, 6.07) is 9.82. The second-order valence-electron chi connectivity index (χ2n) is 6.56. The van der Waals surface area contributed by atoms with Crippen molar-refractivity contribution in [2.75, 3.05) is 31.9 Å². The Kier molecular flexibility index (Phi) is 3.76. The highest BCUT2D eigenvalue weighted by atomic mass is 32.2. The predicted octanol–water partition coefficient (Wildman–Crippen LogP) is 2.95. The monoisotopic (exact) mass is 288 g/mol. The van der Waals surface area contributed by atoms with Gasteiger partial charge in [-0.3, -0.25) is 0 Å². The predicted molar refractivity (Wildman–Crippen MR) is 85.5 cm³/mol. The molecule has 0 spiro atoms. The van der Waals surface area contributed by atoms with E-state index in [2.05, 4.69) is 34.5 Å². The van der Waals surface area contributed by atoms with Gasteiger partial charge in [-0.25, -0.2) is 0 Å². The molecule has 3 aliphatic rings. The molecule has 2 saturated heterocycles. The maximum atomic E-state index is 3.72. The summed E-state index contributed by atoms with van der Waals surface area (Å²) in [4.78, 5) is 4.26. The average molecular weight is 288 g/mol. The van der Waals surface area contributed by atoms with Crippen molar-refractivity contribution in [3.63, 3.8) is 0 Å². The summed E-state index contributed by atoms with van der Waals surface area (Å²) in [5, 5.41) is 3.72. The molecule has 3 unspecified atom stereocenters. The lowest BCUT2D eigenvalue weighted by Gasteiger charge is -2.42. The van der Waals surface area contributed by atoms with E-state index in [-0.39, 0.29) is 0 Å². The molecule has 0 saturated carbocycles. The quantitative estimate of drug-likeness (QED) is 0.901.